The van der Waals surface area contributed by atoms with Crippen LogP contribution in [0.15, 0.2) is 66.7 Å². The van der Waals surface area contributed by atoms with Crippen LogP contribution in [-0.2, 0) is 17.6 Å². The fraction of sp³-hybridized carbons (Fsp3) is 0.310. The summed E-state index contributed by atoms with van der Waals surface area (Å²) in [6, 6.07) is 17.1. The molecule has 0 bridgehead atoms. The number of carbonyl (C=O) groups excluding carboxylic acids is 2. The lowest BCUT2D eigenvalue weighted by molar-refractivity contribution is -0.385. The van der Waals surface area contributed by atoms with Crippen molar-refractivity contribution in [1.82, 2.24) is 10.2 Å². The van der Waals surface area contributed by atoms with E-state index in [2.05, 4.69) is 5.32 Å². The van der Waals surface area contributed by atoms with E-state index in [0.717, 1.165) is 36.5 Å². The predicted molar refractivity (Wildman–Crippen MR) is 137 cm³/mol. The molecular weight excluding hydrogens is 492 g/mol. The number of non-ortho nitro benzene ring substituents is 1. The highest BCUT2D eigenvalue weighted by molar-refractivity contribution is 5.94. The molecule has 9 heteroatoms. The molecule has 3 aromatic carbocycles. The number of nitro groups is 1. The molecule has 1 aliphatic heterocycles. The van der Waals surface area contributed by atoms with Crippen LogP contribution in [-0.4, -0.2) is 40.8 Å². The van der Waals surface area contributed by atoms with E-state index in [0.29, 0.717) is 25.1 Å². The van der Waals surface area contributed by atoms with E-state index in [1.807, 2.05) is 23.1 Å². The third kappa shape index (κ3) is 5.56. The first-order valence-corrected chi connectivity index (χ1v) is 12.6. The molecule has 1 spiro atoms. The standard InChI is InChI=1S/C29H27F2N3O4/c30-23-7-4-19(5-8-23)14-20-2-1-3-22(15-20)28(36)33-12-10-29(11-13-33)18-26(29)32-27(35)16-21-6-9-24(34(37)38)17-25(21)31/h1-9,15,17,26H,10-14,16,18H2,(H,32,35). The third-order valence-corrected chi connectivity index (χ3v) is 7.67. The molecule has 1 saturated heterocycles. The third-order valence-electron chi connectivity index (χ3n) is 7.67. The number of benzene rings is 3. The average molecular weight is 520 g/mol. The maximum Gasteiger partial charge on any atom is 0.272 e. The van der Waals surface area contributed by atoms with E-state index in [4.69, 9.17) is 0 Å². The van der Waals surface area contributed by atoms with Crippen LogP contribution >= 0.6 is 0 Å². The van der Waals surface area contributed by atoms with Gasteiger partial charge in [-0.2, -0.15) is 0 Å². The molecule has 1 unspecified atom stereocenters. The van der Waals surface area contributed by atoms with Gasteiger partial charge in [0.15, 0.2) is 0 Å². The van der Waals surface area contributed by atoms with Crippen molar-refractivity contribution in [2.45, 2.75) is 38.1 Å². The van der Waals surface area contributed by atoms with Gasteiger partial charge in [0, 0.05) is 30.8 Å². The summed E-state index contributed by atoms with van der Waals surface area (Å²) < 4.78 is 27.3. The molecule has 2 aliphatic rings. The first-order chi connectivity index (χ1) is 18.2. The number of amides is 2. The Hall–Kier alpha value is -4.14. The van der Waals surface area contributed by atoms with Crippen LogP contribution in [0.5, 0.6) is 0 Å². The fourth-order valence-electron chi connectivity index (χ4n) is 5.31. The van der Waals surface area contributed by atoms with Crippen LogP contribution in [0.4, 0.5) is 14.5 Å². The molecule has 196 valence electrons. The number of carbonyl (C=O) groups is 2. The SMILES string of the molecule is O=C(Cc1ccc([N+](=O)[O-])cc1F)NC1CC12CCN(C(=O)c1cccc(Cc3ccc(F)cc3)c1)CC2. The van der Waals surface area contributed by atoms with Gasteiger partial charge < -0.3 is 10.2 Å². The van der Waals surface area contributed by atoms with Crippen LogP contribution in [0.2, 0.25) is 0 Å². The molecule has 1 N–H and O–H groups in total. The normalized spacial score (nSPS) is 17.7. The van der Waals surface area contributed by atoms with Gasteiger partial charge >= 0.3 is 0 Å². The molecule has 0 aromatic heterocycles. The Balaban J connectivity index is 1.13. The topological polar surface area (TPSA) is 92.5 Å². The molecule has 0 radical (unpaired) electrons. The van der Waals surface area contributed by atoms with Gasteiger partial charge in [0.1, 0.15) is 11.6 Å². The zero-order valence-electron chi connectivity index (χ0n) is 20.7. The van der Waals surface area contributed by atoms with Crippen molar-refractivity contribution in [3.8, 4) is 0 Å². The Bertz CT molecular complexity index is 1380. The maximum atomic E-state index is 14.1. The number of rotatable bonds is 7. The van der Waals surface area contributed by atoms with Crippen molar-refractivity contribution < 1.29 is 23.3 Å². The van der Waals surface area contributed by atoms with Crippen molar-refractivity contribution >= 4 is 17.5 Å². The summed E-state index contributed by atoms with van der Waals surface area (Å²) in [5.41, 5.74) is 2.27. The first kappa shape index (κ1) is 25.5. The number of hydrogen-bond donors (Lipinski definition) is 1. The van der Waals surface area contributed by atoms with Crippen LogP contribution in [0.25, 0.3) is 0 Å². The number of likely N-dealkylation sites (tertiary alicyclic amines) is 1. The van der Waals surface area contributed by atoms with Gasteiger partial charge in [0.2, 0.25) is 5.91 Å². The predicted octanol–water partition coefficient (Wildman–Crippen LogP) is 4.82. The highest BCUT2D eigenvalue weighted by Crippen LogP contribution is 2.54. The van der Waals surface area contributed by atoms with E-state index in [9.17, 15) is 28.5 Å². The first-order valence-electron chi connectivity index (χ1n) is 12.6. The zero-order chi connectivity index (χ0) is 26.9. The summed E-state index contributed by atoms with van der Waals surface area (Å²) in [6.45, 7) is 1.18. The molecule has 1 aliphatic carbocycles. The summed E-state index contributed by atoms with van der Waals surface area (Å²) in [5, 5.41) is 13.7. The van der Waals surface area contributed by atoms with Crippen LogP contribution in [0.1, 0.15) is 46.3 Å². The minimum atomic E-state index is -0.770. The Labute approximate surface area is 218 Å². The second-order valence-corrected chi connectivity index (χ2v) is 10.2. The van der Waals surface area contributed by atoms with Crippen LogP contribution in [0, 0.1) is 27.2 Å². The van der Waals surface area contributed by atoms with E-state index >= 15 is 0 Å². The molecule has 1 atom stereocenters. The molecule has 1 heterocycles. The number of hydrogen-bond acceptors (Lipinski definition) is 4. The van der Waals surface area contributed by atoms with E-state index < -0.39 is 10.7 Å². The Morgan fingerprint density at radius 3 is 2.42 bits per heavy atom. The summed E-state index contributed by atoms with van der Waals surface area (Å²) in [7, 11) is 0. The van der Waals surface area contributed by atoms with E-state index in [-0.39, 0.29) is 46.8 Å². The van der Waals surface area contributed by atoms with Crippen LogP contribution < -0.4 is 5.32 Å². The molecule has 7 nitrogen and oxygen atoms in total. The molecule has 5 rings (SSSR count). The quantitative estimate of drug-likeness (QED) is 0.358. The van der Waals surface area contributed by atoms with Crippen molar-refractivity contribution in [3.05, 3.63) is 111 Å². The van der Waals surface area contributed by atoms with Gasteiger partial charge in [-0.3, -0.25) is 19.7 Å². The molecule has 2 amide bonds. The number of nitro benzene ring substituents is 1. The van der Waals surface area contributed by atoms with E-state index in [1.165, 1.54) is 24.3 Å². The number of piperidine rings is 1. The molecule has 38 heavy (non-hydrogen) atoms. The van der Waals surface area contributed by atoms with Gasteiger partial charge in [-0.1, -0.05) is 24.3 Å². The zero-order valence-corrected chi connectivity index (χ0v) is 20.7. The molecular formula is C29H27F2N3O4. The van der Waals surface area contributed by atoms with Gasteiger partial charge in [-0.15, -0.1) is 0 Å². The second kappa shape index (κ2) is 10.3. The molecule has 2 fully saturated rings. The van der Waals surface area contributed by atoms with E-state index in [1.54, 1.807) is 18.2 Å². The van der Waals surface area contributed by atoms with Gasteiger partial charge in [-0.25, -0.2) is 8.78 Å². The highest BCUT2D eigenvalue weighted by Gasteiger charge is 2.55. The van der Waals surface area contributed by atoms with Crippen molar-refractivity contribution in [2.75, 3.05) is 13.1 Å². The highest BCUT2D eigenvalue weighted by atomic mass is 19.1. The fourth-order valence-corrected chi connectivity index (χ4v) is 5.31. The number of nitrogens with zero attached hydrogens (tertiary/aromatic N) is 2. The number of halogens is 2. The lowest BCUT2D eigenvalue weighted by Crippen LogP contribution is -2.42. The lowest BCUT2D eigenvalue weighted by atomic mass is 9.92. The smallest absolute Gasteiger partial charge is 0.272 e. The number of nitrogens with one attached hydrogen (secondary N) is 1. The second-order valence-electron chi connectivity index (χ2n) is 10.2. The summed E-state index contributed by atoms with van der Waals surface area (Å²) in [4.78, 5) is 37.6. The lowest BCUT2D eigenvalue weighted by Gasteiger charge is -2.33. The monoisotopic (exact) mass is 519 g/mol. The Morgan fingerprint density at radius 2 is 1.74 bits per heavy atom. The largest absolute Gasteiger partial charge is 0.352 e. The van der Waals surface area contributed by atoms with Crippen LogP contribution in [0.3, 0.4) is 0 Å². The van der Waals surface area contributed by atoms with Crippen molar-refractivity contribution in [2.24, 2.45) is 5.41 Å². The summed E-state index contributed by atoms with van der Waals surface area (Å²) >= 11 is 0. The Morgan fingerprint density at radius 1 is 1.00 bits per heavy atom. The maximum absolute atomic E-state index is 14.1. The Kier molecular flexibility index (Phi) is 6.93. The molecule has 3 aromatic rings. The summed E-state index contributed by atoms with van der Waals surface area (Å²) in [5.74, 6) is -1.41. The van der Waals surface area contributed by atoms with Gasteiger partial charge in [0.05, 0.1) is 17.4 Å². The van der Waals surface area contributed by atoms with Gasteiger partial charge in [0.25, 0.3) is 11.6 Å². The van der Waals surface area contributed by atoms with Gasteiger partial charge in [-0.05, 0) is 78.1 Å². The molecule has 1 saturated carbocycles. The van der Waals surface area contributed by atoms with Crippen molar-refractivity contribution in [3.63, 3.8) is 0 Å². The average Bonchev–Trinajstić information content (AvgIpc) is 3.56. The minimum Gasteiger partial charge on any atom is -0.352 e. The van der Waals surface area contributed by atoms with Crippen molar-refractivity contribution in [1.29, 1.82) is 0 Å². The summed E-state index contributed by atoms with van der Waals surface area (Å²) in [6.07, 6.45) is 2.78. The minimum absolute atomic E-state index is 0.0209.